The molecule has 0 saturated heterocycles. The summed E-state index contributed by atoms with van der Waals surface area (Å²) >= 11 is 11.1. The number of benzene rings is 4. The van der Waals surface area contributed by atoms with Gasteiger partial charge in [-0.05, 0) is 77.8 Å². The van der Waals surface area contributed by atoms with Gasteiger partial charge < -0.3 is 10.1 Å². The van der Waals surface area contributed by atoms with E-state index in [4.69, 9.17) is 23.8 Å². The first-order valence-corrected chi connectivity index (χ1v) is 12.4. The number of hydrogen-bond acceptors (Lipinski definition) is 4. The number of thiocarbonyl (C=S) groups is 1. The summed E-state index contributed by atoms with van der Waals surface area (Å²) in [5.74, 6) is -0.323. The van der Waals surface area contributed by atoms with Gasteiger partial charge in [0.05, 0.1) is 33.5 Å². The molecule has 4 aromatic carbocycles. The number of ether oxygens (including phenoxy) is 1. The maximum Gasteiger partial charge on any atom is 0.573 e. The van der Waals surface area contributed by atoms with E-state index in [0.717, 1.165) is 34.5 Å². The number of hydrazone groups is 1. The van der Waals surface area contributed by atoms with Crippen LogP contribution in [-0.2, 0) is 6.18 Å². The smallest absolute Gasteiger partial charge is 0.406 e. The van der Waals surface area contributed by atoms with Gasteiger partial charge in [0.15, 0.2) is 5.11 Å². The molecule has 0 spiro atoms. The second-order valence-corrected chi connectivity index (χ2v) is 9.40. The normalized spacial score (nSPS) is 12.3. The molecule has 0 aliphatic rings. The highest BCUT2D eigenvalue weighted by molar-refractivity contribution is 7.80. The molecule has 0 amide bonds. The van der Waals surface area contributed by atoms with Gasteiger partial charge in [-0.3, -0.25) is 9.99 Å². The van der Waals surface area contributed by atoms with E-state index in [2.05, 4.69) is 25.6 Å². The van der Waals surface area contributed by atoms with Crippen LogP contribution in [0.1, 0.15) is 11.1 Å². The third kappa shape index (κ3) is 6.52. The van der Waals surface area contributed by atoms with Gasteiger partial charge in [-0.1, -0.05) is 29.8 Å². The lowest BCUT2D eigenvalue weighted by Gasteiger charge is -2.12. The van der Waals surface area contributed by atoms with E-state index in [1.54, 1.807) is 17.0 Å². The Morgan fingerprint density at radius 2 is 1.71 bits per heavy atom. The van der Waals surface area contributed by atoms with Crippen molar-refractivity contribution in [2.24, 2.45) is 5.10 Å². The minimum atomic E-state index is -4.77. The summed E-state index contributed by atoms with van der Waals surface area (Å²) in [6.45, 7) is 0. The standard InChI is InChI=1S/C27H16ClF6N5OS/c28-21-9-3-17(26(29,30)31)12-22(21)37-25(41)38-36-13-15-1-8-20-16(11-15)2-10-23-24(20)35-14-39(23)18-4-6-19(7-5-18)40-27(32,33)34/h1-14H,(H2,37,38,41)/b36-13+. The number of aromatic nitrogens is 2. The number of fused-ring (bicyclic) bond motifs is 3. The van der Waals surface area contributed by atoms with Crippen LogP contribution in [0.2, 0.25) is 5.02 Å². The fourth-order valence-electron chi connectivity index (χ4n) is 4.04. The third-order valence-electron chi connectivity index (χ3n) is 5.83. The number of hydrogen-bond donors (Lipinski definition) is 2. The molecular weight excluding hydrogens is 592 g/mol. The van der Waals surface area contributed by atoms with Gasteiger partial charge in [0.1, 0.15) is 12.1 Å². The maximum atomic E-state index is 13.0. The zero-order valence-corrected chi connectivity index (χ0v) is 22.0. The molecule has 5 rings (SSSR count). The van der Waals surface area contributed by atoms with E-state index in [9.17, 15) is 26.3 Å². The quantitative estimate of drug-likeness (QED) is 0.0916. The van der Waals surface area contributed by atoms with Crippen molar-refractivity contribution in [3.05, 3.63) is 95.3 Å². The van der Waals surface area contributed by atoms with Gasteiger partial charge in [0.25, 0.3) is 0 Å². The summed E-state index contributed by atoms with van der Waals surface area (Å²) in [5.41, 5.74) is 4.38. The van der Waals surface area contributed by atoms with Crippen LogP contribution in [0.15, 0.2) is 84.2 Å². The van der Waals surface area contributed by atoms with E-state index >= 15 is 0 Å². The molecule has 0 bridgehead atoms. The van der Waals surface area contributed by atoms with Crippen molar-refractivity contribution in [3.63, 3.8) is 0 Å². The maximum absolute atomic E-state index is 13.0. The number of anilines is 1. The molecule has 0 fully saturated rings. The zero-order chi connectivity index (χ0) is 29.4. The Morgan fingerprint density at radius 1 is 0.951 bits per heavy atom. The Hall–Kier alpha value is -4.36. The molecular formula is C27H16ClF6N5OS. The van der Waals surface area contributed by atoms with Crippen LogP contribution < -0.4 is 15.5 Å². The molecule has 0 atom stereocenters. The van der Waals surface area contributed by atoms with Crippen molar-refractivity contribution in [1.82, 2.24) is 15.0 Å². The third-order valence-corrected chi connectivity index (χ3v) is 6.35. The van der Waals surface area contributed by atoms with Gasteiger partial charge in [-0.2, -0.15) is 18.3 Å². The van der Waals surface area contributed by atoms with E-state index in [0.29, 0.717) is 16.8 Å². The van der Waals surface area contributed by atoms with Crippen LogP contribution in [0.25, 0.3) is 27.5 Å². The molecule has 1 heterocycles. The summed E-state index contributed by atoms with van der Waals surface area (Å²) in [4.78, 5) is 4.49. The number of imidazole rings is 1. The summed E-state index contributed by atoms with van der Waals surface area (Å²) < 4.78 is 82.0. The summed E-state index contributed by atoms with van der Waals surface area (Å²) in [7, 11) is 0. The molecule has 0 radical (unpaired) electrons. The first-order valence-electron chi connectivity index (χ1n) is 11.6. The largest absolute Gasteiger partial charge is 0.573 e. The van der Waals surface area contributed by atoms with Crippen molar-refractivity contribution in [1.29, 1.82) is 0 Å². The minimum Gasteiger partial charge on any atom is -0.406 e. The van der Waals surface area contributed by atoms with Crippen molar-refractivity contribution in [2.45, 2.75) is 12.5 Å². The van der Waals surface area contributed by atoms with Crippen LogP contribution in [0.5, 0.6) is 5.75 Å². The molecule has 5 aromatic rings. The lowest BCUT2D eigenvalue weighted by molar-refractivity contribution is -0.274. The number of nitrogens with zero attached hydrogens (tertiary/aromatic N) is 3. The highest BCUT2D eigenvalue weighted by Crippen LogP contribution is 2.34. The van der Waals surface area contributed by atoms with Crippen molar-refractivity contribution < 1.29 is 31.1 Å². The Bertz CT molecular complexity index is 1780. The van der Waals surface area contributed by atoms with Crippen LogP contribution in [0.3, 0.4) is 0 Å². The van der Waals surface area contributed by atoms with E-state index in [1.165, 1.54) is 30.5 Å². The number of alkyl halides is 6. The van der Waals surface area contributed by atoms with E-state index in [1.807, 2.05) is 24.3 Å². The second-order valence-electron chi connectivity index (χ2n) is 8.59. The van der Waals surface area contributed by atoms with Crippen LogP contribution >= 0.6 is 23.8 Å². The lowest BCUT2D eigenvalue weighted by Crippen LogP contribution is -2.24. The SMILES string of the molecule is FC(F)(F)Oc1ccc(-n2cnc3c4ccc(/C=N/NC(=S)Nc5cc(C(F)(F)F)ccc5Cl)cc4ccc32)cc1. The molecule has 2 N–H and O–H groups in total. The van der Waals surface area contributed by atoms with Gasteiger partial charge in [-0.15, -0.1) is 13.2 Å². The molecule has 0 aliphatic carbocycles. The second kappa shape index (κ2) is 10.9. The highest BCUT2D eigenvalue weighted by atomic mass is 35.5. The molecule has 210 valence electrons. The van der Waals surface area contributed by atoms with E-state index in [-0.39, 0.29) is 21.6 Å². The zero-order valence-electron chi connectivity index (χ0n) is 20.4. The Balaban J connectivity index is 1.30. The first-order chi connectivity index (χ1) is 19.4. The Kier molecular flexibility index (Phi) is 7.49. The number of halogens is 7. The number of rotatable bonds is 5. The highest BCUT2D eigenvalue weighted by Gasteiger charge is 2.31. The average molecular weight is 608 g/mol. The fourth-order valence-corrected chi connectivity index (χ4v) is 4.36. The predicted molar refractivity (Wildman–Crippen MR) is 149 cm³/mol. The molecule has 41 heavy (non-hydrogen) atoms. The first kappa shape index (κ1) is 28.2. The van der Waals surface area contributed by atoms with Crippen LogP contribution in [0.4, 0.5) is 32.0 Å². The van der Waals surface area contributed by atoms with Crippen molar-refractivity contribution in [3.8, 4) is 11.4 Å². The fraction of sp³-hybridized carbons (Fsp3) is 0.0741. The van der Waals surface area contributed by atoms with Crippen LogP contribution in [-0.4, -0.2) is 27.2 Å². The molecule has 0 unspecified atom stereocenters. The van der Waals surface area contributed by atoms with E-state index < -0.39 is 18.1 Å². The minimum absolute atomic E-state index is 0.0195. The van der Waals surface area contributed by atoms with Crippen molar-refractivity contribution in [2.75, 3.05) is 5.32 Å². The summed E-state index contributed by atoms with van der Waals surface area (Å²) in [6, 6.07) is 17.5. The molecule has 0 aliphatic heterocycles. The lowest BCUT2D eigenvalue weighted by atomic mass is 10.1. The van der Waals surface area contributed by atoms with Crippen LogP contribution in [0, 0.1) is 0 Å². The number of nitrogens with one attached hydrogen (secondary N) is 2. The molecule has 0 saturated carbocycles. The topological polar surface area (TPSA) is 63.5 Å². The molecule has 14 heteroatoms. The molecule has 1 aromatic heterocycles. The monoisotopic (exact) mass is 607 g/mol. The van der Waals surface area contributed by atoms with Gasteiger partial charge in [0, 0.05) is 11.1 Å². The molecule has 6 nitrogen and oxygen atoms in total. The Morgan fingerprint density at radius 3 is 2.41 bits per heavy atom. The summed E-state index contributed by atoms with van der Waals surface area (Å²) in [5, 5.41) is 8.30. The summed E-state index contributed by atoms with van der Waals surface area (Å²) in [6.07, 6.45) is -6.25. The van der Waals surface area contributed by atoms with Gasteiger partial charge >= 0.3 is 12.5 Å². The van der Waals surface area contributed by atoms with Crippen molar-refractivity contribution >= 4 is 62.6 Å². The van der Waals surface area contributed by atoms with Gasteiger partial charge in [0.2, 0.25) is 0 Å². The van der Waals surface area contributed by atoms with Gasteiger partial charge in [-0.25, -0.2) is 4.98 Å². The Labute approximate surface area is 238 Å². The average Bonchev–Trinajstić information content (AvgIpc) is 3.33. The predicted octanol–water partition coefficient (Wildman–Crippen LogP) is 8.07.